The number of carbonyl (C=O) groups is 2. The van der Waals surface area contributed by atoms with Crippen LogP contribution in [0.1, 0.15) is 117 Å². The second-order valence-corrected chi connectivity index (χ2v) is 8.88. The van der Waals surface area contributed by atoms with Gasteiger partial charge in [0.05, 0.1) is 27.2 Å². The van der Waals surface area contributed by atoms with Crippen molar-refractivity contribution < 1.29 is 34.5 Å². The van der Waals surface area contributed by atoms with Gasteiger partial charge in [-0.05, 0) is 25.7 Å². The Kier molecular flexibility index (Phi) is 29.2. The van der Waals surface area contributed by atoms with Gasteiger partial charge >= 0.3 is 6.16 Å². The molecule has 0 saturated heterocycles. The Morgan fingerprint density at radius 2 is 0.774 bits per heavy atom. The number of nitrogens with zero attached hydrogens (tertiary/aromatic N) is 1. The van der Waals surface area contributed by atoms with E-state index in [4.69, 9.17) is 30.0 Å². The van der Waals surface area contributed by atoms with Crippen molar-refractivity contribution in [2.75, 3.05) is 27.2 Å². The first-order valence-corrected chi connectivity index (χ1v) is 12.2. The number of rotatable bonds is 18. The minimum absolute atomic E-state index is 1.24. The summed E-state index contributed by atoms with van der Waals surface area (Å²) in [6.07, 6.45) is 19.1. The number of unbranched alkanes of at least 4 members (excludes halogenated alkanes) is 14. The monoisotopic (exact) mass is 449 g/mol. The van der Waals surface area contributed by atoms with E-state index < -0.39 is 12.3 Å². The van der Waals surface area contributed by atoms with Crippen molar-refractivity contribution in [1.82, 2.24) is 0 Å². The van der Waals surface area contributed by atoms with E-state index >= 15 is 0 Å². The summed E-state index contributed by atoms with van der Waals surface area (Å²) in [5.74, 6) is 0. The highest BCUT2D eigenvalue weighted by Crippen LogP contribution is 2.13. The van der Waals surface area contributed by atoms with Crippen LogP contribution in [-0.4, -0.2) is 59.3 Å². The lowest BCUT2D eigenvalue weighted by Gasteiger charge is -2.30. The van der Waals surface area contributed by atoms with Gasteiger partial charge in [0, 0.05) is 0 Å². The molecule has 0 aliphatic heterocycles. The van der Waals surface area contributed by atoms with Gasteiger partial charge in [-0.2, -0.15) is 0 Å². The van der Waals surface area contributed by atoms with Gasteiger partial charge in [0.1, 0.15) is 0 Å². The SMILES string of the molecule is CCCCCCCCCC[N+](C)(C)CCCCCCCCCC.O=C(O)O.O=C([O-])O. The van der Waals surface area contributed by atoms with Crippen LogP contribution in [0.25, 0.3) is 0 Å². The largest absolute Gasteiger partial charge is 0.565 e. The average molecular weight is 450 g/mol. The van der Waals surface area contributed by atoms with Gasteiger partial charge in [-0.15, -0.1) is 0 Å². The van der Waals surface area contributed by atoms with E-state index in [2.05, 4.69) is 27.9 Å². The fraction of sp³-hybridized carbons (Fsp3) is 0.917. The van der Waals surface area contributed by atoms with Gasteiger partial charge in [-0.25, -0.2) is 4.79 Å². The van der Waals surface area contributed by atoms with Crippen LogP contribution in [0.5, 0.6) is 0 Å². The number of hydrogen-bond donors (Lipinski definition) is 3. The summed E-state index contributed by atoms with van der Waals surface area (Å²) in [6.45, 7) is 7.36. The van der Waals surface area contributed by atoms with E-state index in [1.165, 1.54) is 120 Å². The van der Waals surface area contributed by atoms with Crippen molar-refractivity contribution in [3.63, 3.8) is 0 Å². The second-order valence-electron chi connectivity index (χ2n) is 8.88. The molecule has 0 spiro atoms. The molecule has 0 aromatic rings. The molecular formula is C24H51NO6. The van der Waals surface area contributed by atoms with Gasteiger partial charge in [0.15, 0.2) is 0 Å². The molecule has 0 unspecified atom stereocenters. The van der Waals surface area contributed by atoms with Crippen LogP contribution in [0.4, 0.5) is 9.59 Å². The maximum absolute atomic E-state index is 8.56. The van der Waals surface area contributed by atoms with Crippen LogP contribution < -0.4 is 5.11 Å². The predicted molar refractivity (Wildman–Crippen MR) is 126 cm³/mol. The Hall–Kier alpha value is -1.50. The number of hydrogen-bond acceptors (Lipinski definition) is 3. The molecule has 3 N–H and O–H groups in total. The summed E-state index contributed by atoms with van der Waals surface area (Å²) in [5, 5.41) is 29.2. The Labute approximate surface area is 191 Å². The normalized spacial score (nSPS) is 10.5. The highest BCUT2D eigenvalue weighted by Gasteiger charge is 2.13. The summed E-state index contributed by atoms with van der Waals surface area (Å²) in [7, 11) is 4.87. The molecule has 0 aromatic heterocycles. The van der Waals surface area contributed by atoms with Crippen molar-refractivity contribution >= 4 is 12.3 Å². The van der Waals surface area contributed by atoms with E-state index in [0.29, 0.717) is 0 Å². The minimum atomic E-state index is -2.08. The maximum Gasteiger partial charge on any atom is 0.503 e. The molecule has 0 aromatic carbocycles. The molecule has 0 bridgehead atoms. The first-order valence-electron chi connectivity index (χ1n) is 12.2. The molecule has 0 rings (SSSR count). The van der Waals surface area contributed by atoms with Crippen LogP contribution >= 0.6 is 0 Å². The summed E-state index contributed by atoms with van der Waals surface area (Å²) in [6, 6.07) is 0. The number of carboxylic acid groups (broad SMARTS) is 4. The highest BCUT2D eigenvalue weighted by atomic mass is 16.6. The van der Waals surface area contributed by atoms with Gasteiger partial charge in [-0.3, -0.25) is 0 Å². The summed E-state index contributed by atoms with van der Waals surface area (Å²) in [4.78, 5) is 17.0. The second kappa shape index (κ2) is 26.5. The molecule has 188 valence electrons. The zero-order chi connectivity index (χ0) is 24.4. The molecule has 0 heterocycles. The van der Waals surface area contributed by atoms with Crippen LogP contribution in [0, 0.1) is 0 Å². The van der Waals surface area contributed by atoms with Gasteiger partial charge in [0.2, 0.25) is 6.16 Å². The quantitative estimate of drug-likeness (QED) is 0.163. The maximum atomic E-state index is 8.56. The predicted octanol–water partition coefficient (Wildman–Crippen LogP) is 6.45. The van der Waals surface area contributed by atoms with Gasteiger partial charge in [0.25, 0.3) is 0 Å². The smallest absolute Gasteiger partial charge is 0.503 e. The fourth-order valence-corrected chi connectivity index (χ4v) is 3.46. The highest BCUT2D eigenvalue weighted by molar-refractivity contribution is 5.53. The average Bonchev–Trinajstić information content (AvgIpc) is 2.65. The molecular weight excluding hydrogens is 398 g/mol. The zero-order valence-electron chi connectivity index (χ0n) is 20.7. The molecule has 0 amide bonds. The Balaban J connectivity index is -0.000000832. The molecule has 0 radical (unpaired) electrons. The standard InChI is InChI=1S/C22H48N.2CH2O3/c1-5-7-9-11-13-15-17-19-21-23(3,4)22-20-18-16-14-12-10-8-6-2;2*2-1(3)4/h5-22H2,1-4H3;2*(H2,2,3,4)/q+1;;/p-1. The van der Waals surface area contributed by atoms with E-state index in [0.717, 1.165) is 0 Å². The topological polar surface area (TPSA) is 118 Å². The third kappa shape index (κ3) is 47.6. The zero-order valence-corrected chi connectivity index (χ0v) is 20.7. The van der Waals surface area contributed by atoms with Gasteiger partial charge < -0.3 is 29.7 Å². The van der Waals surface area contributed by atoms with Crippen LogP contribution in [0.3, 0.4) is 0 Å². The van der Waals surface area contributed by atoms with E-state index in [1.54, 1.807) is 0 Å². The van der Waals surface area contributed by atoms with E-state index in [-0.39, 0.29) is 0 Å². The number of quaternary nitrogens is 1. The third-order valence-electron chi connectivity index (χ3n) is 5.23. The van der Waals surface area contributed by atoms with Gasteiger partial charge in [-0.1, -0.05) is 90.9 Å². The van der Waals surface area contributed by atoms with Crippen molar-refractivity contribution in [3.8, 4) is 0 Å². The van der Waals surface area contributed by atoms with Crippen molar-refractivity contribution in [3.05, 3.63) is 0 Å². The lowest BCUT2D eigenvalue weighted by molar-refractivity contribution is -0.890. The summed E-state index contributed by atoms with van der Waals surface area (Å²) < 4.78 is 1.24. The Bertz CT molecular complexity index is 346. The summed E-state index contributed by atoms with van der Waals surface area (Å²) >= 11 is 0. The summed E-state index contributed by atoms with van der Waals surface area (Å²) in [5.41, 5.74) is 0. The van der Waals surface area contributed by atoms with E-state index in [1.807, 2.05) is 0 Å². The molecule has 0 fully saturated rings. The first kappa shape index (κ1) is 34.1. The van der Waals surface area contributed by atoms with Crippen molar-refractivity contribution in [1.29, 1.82) is 0 Å². The molecule has 0 atom stereocenters. The van der Waals surface area contributed by atoms with Crippen molar-refractivity contribution in [2.45, 2.75) is 117 Å². The van der Waals surface area contributed by atoms with Crippen LogP contribution in [-0.2, 0) is 0 Å². The lowest BCUT2D eigenvalue weighted by atomic mass is 10.1. The van der Waals surface area contributed by atoms with Crippen molar-refractivity contribution in [2.24, 2.45) is 0 Å². The molecule has 0 saturated carbocycles. The molecule has 7 heteroatoms. The molecule has 7 nitrogen and oxygen atoms in total. The first-order chi connectivity index (χ1) is 14.6. The Morgan fingerprint density at radius 3 is 1.00 bits per heavy atom. The molecule has 0 aliphatic carbocycles. The molecule has 0 aliphatic rings. The lowest BCUT2D eigenvalue weighted by Crippen LogP contribution is -2.41. The third-order valence-corrected chi connectivity index (χ3v) is 5.23. The van der Waals surface area contributed by atoms with Crippen LogP contribution in [0.2, 0.25) is 0 Å². The van der Waals surface area contributed by atoms with Crippen LogP contribution in [0.15, 0.2) is 0 Å². The van der Waals surface area contributed by atoms with E-state index in [9.17, 15) is 0 Å². The minimum Gasteiger partial charge on any atom is -0.565 e. The molecule has 31 heavy (non-hydrogen) atoms. The Morgan fingerprint density at radius 1 is 0.581 bits per heavy atom. The fourth-order valence-electron chi connectivity index (χ4n) is 3.46.